The van der Waals surface area contributed by atoms with E-state index in [1.54, 1.807) is 24.3 Å². The van der Waals surface area contributed by atoms with Crippen molar-refractivity contribution in [3.05, 3.63) is 29.8 Å². The lowest BCUT2D eigenvalue weighted by Gasteiger charge is -2.14. The molecule has 0 aromatic heterocycles. The Morgan fingerprint density at radius 2 is 2.12 bits per heavy atom. The van der Waals surface area contributed by atoms with Gasteiger partial charge >= 0.3 is 5.97 Å². The van der Waals surface area contributed by atoms with Crippen LogP contribution in [0.5, 0.6) is 0 Å². The van der Waals surface area contributed by atoms with Crippen LogP contribution in [0.25, 0.3) is 0 Å². The number of hydrogen-bond acceptors (Lipinski definition) is 4. The Balaban J connectivity index is 2.88. The van der Waals surface area contributed by atoms with Crippen molar-refractivity contribution in [1.82, 2.24) is 0 Å². The summed E-state index contributed by atoms with van der Waals surface area (Å²) in [6.07, 6.45) is 4.27. The van der Waals surface area contributed by atoms with Crippen molar-refractivity contribution < 1.29 is 14.3 Å². The smallest absolute Gasteiger partial charge is 0.339 e. The van der Waals surface area contributed by atoms with Gasteiger partial charge in [0.1, 0.15) is 6.61 Å². The SMILES string of the molecule is C#CCOC(C(=O)OC)c1ccc(N)cc1. The van der Waals surface area contributed by atoms with E-state index in [1.807, 2.05) is 0 Å². The zero-order valence-electron chi connectivity index (χ0n) is 8.97. The van der Waals surface area contributed by atoms with Crippen molar-refractivity contribution in [3.8, 4) is 12.3 Å². The summed E-state index contributed by atoms with van der Waals surface area (Å²) in [6.45, 7) is 0.0458. The van der Waals surface area contributed by atoms with E-state index in [0.29, 0.717) is 11.3 Å². The van der Waals surface area contributed by atoms with Gasteiger partial charge in [-0.1, -0.05) is 18.1 Å². The first-order valence-electron chi connectivity index (χ1n) is 4.67. The predicted molar refractivity (Wildman–Crippen MR) is 60.4 cm³/mol. The summed E-state index contributed by atoms with van der Waals surface area (Å²) in [5.41, 5.74) is 6.82. The molecule has 0 fully saturated rings. The van der Waals surface area contributed by atoms with Crippen molar-refractivity contribution in [3.63, 3.8) is 0 Å². The molecule has 1 aromatic carbocycles. The first-order chi connectivity index (χ1) is 7.69. The molecule has 4 nitrogen and oxygen atoms in total. The van der Waals surface area contributed by atoms with Crippen LogP contribution in [-0.2, 0) is 14.3 Å². The van der Waals surface area contributed by atoms with Gasteiger partial charge in [-0.05, 0) is 17.7 Å². The molecule has 1 rings (SSSR count). The average Bonchev–Trinajstić information content (AvgIpc) is 2.31. The van der Waals surface area contributed by atoms with Crippen LogP contribution in [0.2, 0.25) is 0 Å². The lowest BCUT2D eigenvalue weighted by molar-refractivity contribution is -0.153. The minimum absolute atomic E-state index is 0.0458. The Kier molecular flexibility index (Phi) is 4.37. The number of rotatable bonds is 4. The maximum Gasteiger partial charge on any atom is 0.339 e. The third-order valence-electron chi connectivity index (χ3n) is 1.99. The van der Waals surface area contributed by atoms with Crippen LogP contribution in [0.4, 0.5) is 5.69 Å². The van der Waals surface area contributed by atoms with Crippen LogP contribution in [0.3, 0.4) is 0 Å². The topological polar surface area (TPSA) is 61.5 Å². The van der Waals surface area contributed by atoms with Crippen LogP contribution in [-0.4, -0.2) is 19.7 Å². The van der Waals surface area contributed by atoms with Crippen LogP contribution < -0.4 is 5.73 Å². The maximum absolute atomic E-state index is 11.5. The van der Waals surface area contributed by atoms with Crippen molar-refractivity contribution >= 4 is 11.7 Å². The van der Waals surface area contributed by atoms with E-state index in [2.05, 4.69) is 10.7 Å². The molecule has 16 heavy (non-hydrogen) atoms. The van der Waals surface area contributed by atoms with Gasteiger partial charge in [-0.3, -0.25) is 0 Å². The first kappa shape index (κ1) is 12.1. The third kappa shape index (κ3) is 3.01. The lowest BCUT2D eigenvalue weighted by atomic mass is 10.1. The highest BCUT2D eigenvalue weighted by atomic mass is 16.6. The number of carbonyl (C=O) groups is 1. The molecule has 84 valence electrons. The molecule has 0 radical (unpaired) electrons. The van der Waals surface area contributed by atoms with Crippen LogP contribution in [0.15, 0.2) is 24.3 Å². The average molecular weight is 219 g/mol. The van der Waals surface area contributed by atoms with E-state index in [1.165, 1.54) is 7.11 Å². The molecule has 0 spiro atoms. The second kappa shape index (κ2) is 5.79. The predicted octanol–water partition coefficient (Wildman–Crippen LogP) is 1.13. The van der Waals surface area contributed by atoms with Gasteiger partial charge in [0.05, 0.1) is 7.11 Å². The Bertz CT molecular complexity index is 392. The fourth-order valence-corrected chi connectivity index (χ4v) is 1.21. The second-order valence-electron chi connectivity index (χ2n) is 3.08. The molecule has 0 aliphatic rings. The number of terminal acetylenes is 1. The summed E-state index contributed by atoms with van der Waals surface area (Å²) < 4.78 is 9.85. The lowest BCUT2D eigenvalue weighted by Crippen LogP contribution is -2.17. The Morgan fingerprint density at radius 1 is 1.50 bits per heavy atom. The van der Waals surface area contributed by atoms with E-state index in [0.717, 1.165) is 0 Å². The van der Waals surface area contributed by atoms with Crippen LogP contribution in [0, 0.1) is 12.3 Å². The molecule has 0 bridgehead atoms. The molecule has 0 saturated heterocycles. The number of anilines is 1. The highest BCUT2D eigenvalue weighted by molar-refractivity contribution is 5.76. The van der Waals surface area contributed by atoms with E-state index in [-0.39, 0.29) is 6.61 Å². The van der Waals surface area contributed by atoms with E-state index in [4.69, 9.17) is 16.9 Å². The maximum atomic E-state index is 11.5. The largest absolute Gasteiger partial charge is 0.467 e. The molecule has 1 unspecified atom stereocenters. The van der Waals surface area contributed by atoms with Gasteiger partial charge in [0, 0.05) is 5.69 Å². The van der Waals surface area contributed by atoms with Crippen molar-refractivity contribution in [1.29, 1.82) is 0 Å². The second-order valence-corrected chi connectivity index (χ2v) is 3.08. The number of esters is 1. The standard InChI is InChI=1S/C12H13NO3/c1-3-8-16-11(12(14)15-2)9-4-6-10(13)7-5-9/h1,4-7,11H,8,13H2,2H3. The van der Waals surface area contributed by atoms with E-state index < -0.39 is 12.1 Å². The molecule has 0 amide bonds. The van der Waals surface area contributed by atoms with Crippen molar-refractivity contribution in [2.45, 2.75) is 6.10 Å². The fourth-order valence-electron chi connectivity index (χ4n) is 1.21. The summed E-state index contributed by atoms with van der Waals surface area (Å²) in [6, 6.07) is 6.77. The zero-order chi connectivity index (χ0) is 12.0. The summed E-state index contributed by atoms with van der Waals surface area (Å²) in [5.74, 6) is 1.82. The molecule has 0 saturated carbocycles. The number of nitrogen functional groups attached to an aromatic ring is 1. The molecular formula is C12H13NO3. The third-order valence-corrected chi connectivity index (χ3v) is 1.99. The Hall–Kier alpha value is -1.99. The number of carbonyl (C=O) groups excluding carboxylic acids is 1. The molecule has 4 heteroatoms. The molecule has 1 aromatic rings. The highest BCUT2D eigenvalue weighted by Gasteiger charge is 2.21. The van der Waals surface area contributed by atoms with Gasteiger partial charge in [0.2, 0.25) is 0 Å². The van der Waals surface area contributed by atoms with Gasteiger partial charge in [0.15, 0.2) is 6.10 Å². The van der Waals surface area contributed by atoms with Crippen molar-refractivity contribution in [2.24, 2.45) is 0 Å². The van der Waals surface area contributed by atoms with Gasteiger partial charge in [-0.25, -0.2) is 4.79 Å². The molecule has 0 aliphatic carbocycles. The zero-order valence-corrected chi connectivity index (χ0v) is 8.97. The van der Waals surface area contributed by atoms with E-state index in [9.17, 15) is 4.79 Å². The molecular weight excluding hydrogens is 206 g/mol. The van der Waals surface area contributed by atoms with E-state index >= 15 is 0 Å². The number of methoxy groups -OCH3 is 1. The summed E-state index contributed by atoms with van der Waals surface area (Å²) in [7, 11) is 1.30. The van der Waals surface area contributed by atoms with Gasteiger partial charge in [-0.15, -0.1) is 6.42 Å². The highest BCUT2D eigenvalue weighted by Crippen LogP contribution is 2.19. The monoisotopic (exact) mass is 219 g/mol. The minimum atomic E-state index is -0.804. The number of benzene rings is 1. The quantitative estimate of drug-likeness (QED) is 0.468. The van der Waals surface area contributed by atoms with Gasteiger partial charge < -0.3 is 15.2 Å². The number of hydrogen-bond donors (Lipinski definition) is 1. The summed E-state index contributed by atoms with van der Waals surface area (Å²) in [5, 5.41) is 0. The van der Waals surface area contributed by atoms with Crippen molar-refractivity contribution in [2.75, 3.05) is 19.5 Å². The Labute approximate surface area is 94.3 Å². The fraction of sp³-hybridized carbons (Fsp3) is 0.250. The van der Waals surface area contributed by atoms with Crippen LogP contribution in [0.1, 0.15) is 11.7 Å². The molecule has 1 atom stereocenters. The molecule has 0 aliphatic heterocycles. The van der Waals surface area contributed by atoms with Gasteiger partial charge in [0.25, 0.3) is 0 Å². The minimum Gasteiger partial charge on any atom is -0.467 e. The van der Waals surface area contributed by atoms with Crippen LogP contribution >= 0.6 is 0 Å². The normalized spacial score (nSPS) is 11.5. The molecule has 0 heterocycles. The van der Waals surface area contributed by atoms with Gasteiger partial charge in [-0.2, -0.15) is 0 Å². The number of nitrogens with two attached hydrogens (primary N) is 1. The summed E-state index contributed by atoms with van der Waals surface area (Å²) >= 11 is 0. The Morgan fingerprint density at radius 3 is 2.62 bits per heavy atom. The number of ether oxygens (including phenoxy) is 2. The molecule has 2 N–H and O–H groups in total. The summed E-state index contributed by atoms with van der Waals surface area (Å²) in [4.78, 5) is 11.5. The first-order valence-corrected chi connectivity index (χ1v) is 4.67.